The van der Waals surface area contributed by atoms with Crippen molar-refractivity contribution in [3.8, 4) is 0 Å². The minimum atomic E-state index is -0.260. The Hall–Kier alpha value is -2.39. The second-order valence-corrected chi connectivity index (χ2v) is 7.70. The van der Waals surface area contributed by atoms with Crippen LogP contribution in [-0.4, -0.2) is 124 Å². The van der Waals surface area contributed by atoms with Crippen LogP contribution in [0.15, 0.2) is 5.11 Å². The van der Waals surface area contributed by atoms with E-state index in [9.17, 15) is 9.59 Å². The van der Waals surface area contributed by atoms with E-state index in [0.717, 1.165) is 25.9 Å². The molecule has 0 aromatic heterocycles. The fourth-order valence-corrected chi connectivity index (χ4v) is 2.63. The number of urea groups is 2. The number of azide groups is 1. The molecule has 0 spiro atoms. The van der Waals surface area contributed by atoms with Gasteiger partial charge in [-0.25, -0.2) is 9.59 Å². The summed E-state index contributed by atoms with van der Waals surface area (Å²) in [5.41, 5.74) is 8.12. The Morgan fingerprint density at radius 2 is 0.947 bits per heavy atom. The average Bonchev–Trinajstić information content (AvgIpc) is 2.91. The van der Waals surface area contributed by atoms with Gasteiger partial charge in [-0.05, 0) is 24.8 Å². The second kappa shape index (κ2) is 30.8. The van der Waals surface area contributed by atoms with Crippen LogP contribution in [0.5, 0.6) is 0 Å². The van der Waals surface area contributed by atoms with E-state index in [1.165, 1.54) is 0 Å². The van der Waals surface area contributed by atoms with Crippen molar-refractivity contribution >= 4 is 12.1 Å². The molecule has 15 nitrogen and oxygen atoms in total. The van der Waals surface area contributed by atoms with Crippen molar-refractivity contribution in [3.63, 3.8) is 0 Å². The Balaban J connectivity index is 3.27. The third kappa shape index (κ3) is 29.8. The van der Waals surface area contributed by atoms with Crippen LogP contribution in [0.4, 0.5) is 9.59 Å². The monoisotopic (exact) mass is 549 g/mol. The fraction of sp³-hybridized carbons (Fsp3) is 0.913. The predicted molar refractivity (Wildman–Crippen MR) is 141 cm³/mol. The summed E-state index contributed by atoms with van der Waals surface area (Å²) in [5.74, 6) is 0. The molecule has 0 rings (SSSR count). The molecular formula is C23H47N7O8. The highest BCUT2D eigenvalue weighted by Gasteiger charge is 2.01. The Labute approximate surface area is 225 Å². The van der Waals surface area contributed by atoms with Crippen LogP contribution in [0.2, 0.25) is 0 Å². The van der Waals surface area contributed by atoms with E-state index in [-0.39, 0.29) is 12.1 Å². The summed E-state index contributed by atoms with van der Waals surface area (Å²) < 4.78 is 31.9. The van der Waals surface area contributed by atoms with Crippen LogP contribution in [0, 0.1) is 0 Å². The number of hydrogen-bond donors (Lipinski definition) is 4. The largest absolute Gasteiger partial charge is 0.379 e. The number of carbonyl (C=O) groups is 2. The topological polar surface area (TPSA) is 186 Å². The number of carbonyl (C=O) groups excluding carboxylic acids is 2. The molecule has 0 saturated heterocycles. The maximum atomic E-state index is 11.7. The summed E-state index contributed by atoms with van der Waals surface area (Å²) >= 11 is 0. The van der Waals surface area contributed by atoms with E-state index in [1.807, 2.05) is 0 Å². The van der Waals surface area contributed by atoms with Gasteiger partial charge in [0.25, 0.3) is 0 Å². The van der Waals surface area contributed by atoms with Crippen molar-refractivity contribution in [1.82, 2.24) is 21.3 Å². The van der Waals surface area contributed by atoms with Gasteiger partial charge in [-0.3, -0.25) is 0 Å². The third-order valence-electron chi connectivity index (χ3n) is 4.47. The lowest BCUT2D eigenvalue weighted by Gasteiger charge is -2.10. The molecule has 4 amide bonds. The first-order chi connectivity index (χ1) is 18.7. The minimum absolute atomic E-state index is 0.246. The Bertz CT molecular complexity index is 598. The molecule has 0 heterocycles. The van der Waals surface area contributed by atoms with Crippen molar-refractivity contribution in [2.75, 3.05) is 112 Å². The fourth-order valence-electron chi connectivity index (χ4n) is 2.63. The van der Waals surface area contributed by atoms with E-state index in [4.69, 9.17) is 34.0 Å². The molecule has 0 bridgehead atoms. The lowest BCUT2D eigenvalue weighted by molar-refractivity contribution is 0.0155. The highest BCUT2D eigenvalue weighted by Crippen LogP contribution is 1.86. The van der Waals surface area contributed by atoms with Crippen LogP contribution >= 0.6 is 0 Å². The van der Waals surface area contributed by atoms with Gasteiger partial charge in [0.15, 0.2) is 0 Å². The quantitative estimate of drug-likeness (QED) is 0.0485. The summed E-state index contributed by atoms with van der Waals surface area (Å²) in [6.45, 7) is 9.93. The molecule has 0 atom stereocenters. The number of ether oxygens (including phenoxy) is 6. The zero-order valence-electron chi connectivity index (χ0n) is 22.7. The molecule has 4 N–H and O–H groups in total. The first kappa shape index (κ1) is 35.6. The van der Waals surface area contributed by atoms with Crippen molar-refractivity contribution in [1.29, 1.82) is 0 Å². The Morgan fingerprint density at radius 1 is 0.579 bits per heavy atom. The zero-order chi connectivity index (χ0) is 27.8. The summed E-state index contributed by atoms with van der Waals surface area (Å²) in [7, 11) is 0. The third-order valence-corrected chi connectivity index (χ3v) is 4.47. The maximum Gasteiger partial charge on any atom is 0.314 e. The van der Waals surface area contributed by atoms with Crippen molar-refractivity contribution < 1.29 is 38.0 Å². The number of amides is 4. The van der Waals surface area contributed by atoms with Crippen molar-refractivity contribution in [2.45, 2.75) is 26.2 Å². The first-order valence-electron chi connectivity index (χ1n) is 13.2. The van der Waals surface area contributed by atoms with E-state index in [1.54, 1.807) is 0 Å². The van der Waals surface area contributed by atoms with E-state index in [0.29, 0.717) is 105 Å². The van der Waals surface area contributed by atoms with Crippen molar-refractivity contribution in [3.05, 3.63) is 10.4 Å². The van der Waals surface area contributed by atoms with E-state index in [2.05, 4.69) is 38.2 Å². The molecule has 0 fully saturated rings. The van der Waals surface area contributed by atoms with E-state index >= 15 is 0 Å². The van der Waals surface area contributed by atoms with Crippen LogP contribution in [0.25, 0.3) is 10.4 Å². The smallest absolute Gasteiger partial charge is 0.314 e. The molecule has 0 saturated carbocycles. The summed E-state index contributed by atoms with van der Waals surface area (Å²) in [6, 6.07) is -0.506. The lowest BCUT2D eigenvalue weighted by atomic mass is 10.3. The van der Waals surface area contributed by atoms with Gasteiger partial charge in [-0.2, -0.15) is 0 Å². The van der Waals surface area contributed by atoms with Crippen LogP contribution in [0.1, 0.15) is 26.2 Å². The van der Waals surface area contributed by atoms with Gasteiger partial charge in [0.1, 0.15) is 0 Å². The van der Waals surface area contributed by atoms with Gasteiger partial charge >= 0.3 is 12.1 Å². The van der Waals surface area contributed by atoms with Gasteiger partial charge < -0.3 is 49.7 Å². The molecule has 38 heavy (non-hydrogen) atoms. The highest BCUT2D eigenvalue weighted by molar-refractivity contribution is 5.74. The normalized spacial score (nSPS) is 10.6. The maximum absolute atomic E-state index is 11.7. The first-order valence-corrected chi connectivity index (χ1v) is 13.2. The zero-order valence-corrected chi connectivity index (χ0v) is 22.7. The number of hydrogen-bond acceptors (Lipinski definition) is 9. The number of nitrogens with one attached hydrogen (secondary N) is 4. The molecule has 0 aromatic rings. The van der Waals surface area contributed by atoms with Crippen LogP contribution in [-0.2, 0) is 28.4 Å². The predicted octanol–water partition coefficient (Wildman–Crippen LogP) is 1.18. The van der Waals surface area contributed by atoms with Gasteiger partial charge in [-0.1, -0.05) is 12.0 Å². The molecule has 15 heteroatoms. The minimum Gasteiger partial charge on any atom is -0.379 e. The molecule has 222 valence electrons. The lowest BCUT2D eigenvalue weighted by Crippen LogP contribution is -2.39. The van der Waals surface area contributed by atoms with Gasteiger partial charge in [0, 0.05) is 44.2 Å². The van der Waals surface area contributed by atoms with Gasteiger partial charge in [0.2, 0.25) is 0 Å². The van der Waals surface area contributed by atoms with Crippen molar-refractivity contribution in [2.24, 2.45) is 5.11 Å². The average molecular weight is 550 g/mol. The molecular weight excluding hydrogens is 502 g/mol. The standard InChI is InChI=1S/C23H47N7O8/c1-2-10-33-14-18-37-19-15-34-11-7-27-22(31)25-5-3-4-6-26-23(32)28-8-12-35-16-20-38-21-17-36-13-9-29-30-24/h2-21H2,1H3,(H2,25,27,31)(H2,26,28,32). The van der Waals surface area contributed by atoms with Gasteiger partial charge in [-0.15, -0.1) is 0 Å². The summed E-state index contributed by atoms with van der Waals surface area (Å²) in [6.07, 6.45) is 2.48. The molecule has 0 aromatic carbocycles. The van der Waals surface area contributed by atoms with E-state index < -0.39 is 0 Å². The van der Waals surface area contributed by atoms with Gasteiger partial charge in [0.05, 0.1) is 72.7 Å². The number of nitrogens with zero attached hydrogens (tertiary/aromatic N) is 3. The second-order valence-electron chi connectivity index (χ2n) is 7.70. The molecule has 0 unspecified atom stereocenters. The molecule has 0 aliphatic heterocycles. The Morgan fingerprint density at radius 3 is 1.37 bits per heavy atom. The molecule has 0 aliphatic carbocycles. The Kier molecular flexibility index (Phi) is 28.9. The van der Waals surface area contributed by atoms with Crippen LogP contribution < -0.4 is 21.3 Å². The summed E-state index contributed by atoms with van der Waals surface area (Å²) in [5, 5.41) is 14.3. The molecule has 0 aliphatic rings. The SMILES string of the molecule is CCCOCCOCCOCCNC(=O)NCCCCNC(=O)NCCOCCOCCOCCN=[N+]=[N-]. The summed E-state index contributed by atoms with van der Waals surface area (Å²) in [4.78, 5) is 26.1. The number of unbranched alkanes of at least 4 members (excludes halogenated alkanes) is 1. The number of rotatable bonds is 28. The van der Waals surface area contributed by atoms with Crippen LogP contribution in [0.3, 0.4) is 0 Å². The molecule has 0 radical (unpaired) electrons. The highest BCUT2D eigenvalue weighted by atomic mass is 16.5.